The Hall–Kier alpha value is -3.47. The van der Waals surface area contributed by atoms with Crippen LogP contribution in [0.1, 0.15) is 16.8 Å². The van der Waals surface area contributed by atoms with Crippen LogP contribution in [0, 0.1) is 12.5 Å². The van der Waals surface area contributed by atoms with E-state index in [2.05, 4.69) is 25.5 Å². The van der Waals surface area contributed by atoms with Gasteiger partial charge in [-0.2, -0.15) is 4.39 Å². The van der Waals surface area contributed by atoms with Crippen LogP contribution in [0.25, 0.3) is 16.0 Å². The lowest BCUT2D eigenvalue weighted by Gasteiger charge is -2.17. The van der Waals surface area contributed by atoms with E-state index in [4.69, 9.17) is 6.57 Å². The second-order valence-electron chi connectivity index (χ2n) is 5.30. The molecule has 1 aliphatic rings. The smallest absolute Gasteiger partial charge is 0.261 e. The summed E-state index contributed by atoms with van der Waals surface area (Å²) in [5.74, 6) is -1.39. The standard InChI is InChI=1S/C17H14FN5O2/c1-19-11-3-4-12(24)15(14(11)10-5-8-20-13(18)9-10)16(25)23-17-21-6-2-7-22-17/h3-5,8-9,24H,2,6-7H2,(H2,21,22,23,25). The zero-order chi connectivity index (χ0) is 17.8. The monoisotopic (exact) mass is 339 g/mol. The highest BCUT2D eigenvalue weighted by Crippen LogP contribution is 2.38. The van der Waals surface area contributed by atoms with Crippen molar-refractivity contribution in [3.63, 3.8) is 0 Å². The molecule has 0 bridgehead atoms. The van der Waals surface area contributed by atoms with E-state index in [0.29, 0.717) is 19.0 Å². The molecule has 1 aliphatic heterocycles. The number of aromatic nitrogens is 1. The number of halogens is 1. The van der Waals surface area contributed by atoms with Crippen molar-refractivity contribution in [3.05, 3.63) is 53.4 Å². The third-order valence-corrected chi connectivity index (χ3v) is 3.65. The summed E-state index contributed by atoms with van der Waals surface area (Å²) in [6, 6.07) is 5.22. The molecular formula is C17H14FN5O2. The second kappa shape index (κ2) is 6.97. The first-order chi connectivity index (χ1) is 12.1. The molecule has 0 saturated heterocycles. The van der Waals surface area contributed by atoms with Gasteiger partial charge in [0.05, 0.1) is 12.1 Å². The van der Waals surface area contributed by atoms with E-state index >= 15 is 0 Å². The van der Waals surface area contributed by atoms with Crippen molar-refractivity contribution in [2.24, 2.45) is 4.99 Å². The zero-order valence-corrected chi connectivity index (χ0v) is 13.1. The number of carbonyl (C=O) groups excluding carboxylic acids is 1. The number of nitrogens with one attached hydrogen (secondary N) is 2. The number of phenols is 1. The Balaban J connectivity index is 2.10. The molecule has 0 aliphatic carbocycles. The maximum absolute atomic E-state index is 13.5. The first kappa shape index (κ1) is 16.4. The molecule has 25 heavy (non-hydrogen) atoms. The van der Waals surface area contributed by atoms with Crippen LogP contribution in [0.2, 0.25) is 0 Å². The van der Waals surface area contributed by atoms with Crippen molar-refractivity contribution in [1.29, 1.82) is 0 Å². The molecule has 3 N–H and O–H groups in total. The van der Waals surface area contributed by atoms with Gasteiger partial charge in [0, 0.05) is 24.8 Å². The van der Waals surface area contributed by atoms with Gasteiger partial charge in [0.2, 0.25) is 5.95 Å². The SMILES string of the molecule is [C-]#[N+]c1ccc(O)c(C(=O)NC2=NCCCN2)c1-c1ccnc(F)c1. The van der Waals surface area contributed by atoms with E-state index in [-0.39, 0.29) is 28.1 Å². The summed E-state index contributed by atoms with van der Waals surface area (Å²) < 4.78 is 13.5. The molecular weight excluding hydrogens is 325 g/mol. The number of phenolic OH excluding ortho intramolecular Hbond substituents is 1. The largest absolute Gasteiger partial charge is 0.507 e. The van der Waals surface area contributed by atoms with Crippen LogP contribution in [0.4, 0.5) is 10.1 Å². The Bertz CT molecular complexity index is 904. The van der Waals surface area contributed by atoms with Crippen LogP contribution in [-0.2, 0) is 0 Å². The van der Waals surface area contributed by atoms with Gasteiger partial charge in [-0.3, -0.25) is 15.1 Å². The summed E-state index contributed by atoms with van der Waals surface area (Å²) in [4.78, 5) is 23.7. The predicted octanol–water partition coefficient (Wildman–Crippen LogP) is 2.22. The summed E-state index contributed by atoms with van der Waals surface area (Å²) >= 11 is 0. The van der Waals surface area contributed by atoms with Gasteiger partial charge < -0.3 is 10.4 Å². The number of amides is 1. The van der Waals surface area contributed by atoms with Crippen molar-refractivity contribution < 1.29 is 14.3 Å². The fourth-order valence-corrected chi connectivity index (χ4v) is 2.54. The summed E-state index contributed by atoms with van der Waals surface area (Å²) in [6.45, 7) is 8.57. The van der Waals surface area contributed by atoms with E-state index in [1.54, 1.807) is 0 Å². The number of hydrogen-bond donors (Lipinski definition) is 3. The molecule has 0 saturated carbocycles. The maximum atomic E-state index is 13.5. The highest BCUT2D eigenvalue weighted by atomic mass is 19.1. The van der Waals surface area contributed by atoms with E-state index in [1.165, 1.54) is 24.4 Å². The molecule has 1 amide bonds. The molecule has 2 aromatic rings. The quantitative estimate of drug-likeness (QED) is 0.578. The van der Waals surface area contributed by atoms with Gasteiger partial charge in [-0.1, -0.05) is 6.07 Å². The number of benzene rings is 1. The molecule has 1 aromatic carbocycles. The lowest BCUT2D eigenvalue weighted by molar-refractivity contribution is 0.0973. The fraction of sp³-hybridized carbons (Fsp3) is 0.176. The van der Waals surface area contributed by atoms with Gasteiger partial charge in [-0.25, -0.2) is 9.83 Å². The lowest BCUT2D eigenvalue weighted by Crippen LogP contribution is -2.43. The number of hydrogen-bond acceptors (Lipinski definition) is 5. The van der Waals surface area contributed by atoms with Gasteiger partial charge in [0.1, 0.15) is 5.75 Å². The first-order valence-electron chi connectivity index (χ1n) is 7.55. The Morgan fingerprint density at radius 1 is 1.40 bits per heavy atom. The third kappa shape index (κ3) is 3.40. The summed E-state index contributed by atoms with van der Waals surface area (Å²) in [5, 5.41) is 15.7. The molecule has 0 unspecified atom stereocenters. The van der Waals surface area contributed by atoms with Gasteiger partial charge in [0.15, 0.2) is 11.6 Å². The number of aromatic hydroxyl groups is 1. The highest BCUT2D eigenvalue weighted by Gasteiger charge is 2.23. The molecule has 0 fully saturated rings. The number of rotatable bonds is 2. The summed E-state index contributed by atoms with van der Waals surface area (Å²) in [7, 11) is 0. The van der Waals surface area contributed by atoms with E-state index < -0.39 is 11.9 Å². The minimum absolute atomic E-state index is 0.117. The Labute approximate surface area is 143 Å². The summed E-state index contributed by atoms with van der Waals surface area (Å²) in [6.07, 6.45) is 2.09. The lowest BCUT2D eigenvalue weighted by atomic mass is 9.97. The minimum atomic E-state index is -0.749. The minimum Gasteiger partial charge on any atom is -0.507 e. The Morgan fingerprint density at radius 2 is 2.24 bits per heavy atom. The zero-order valence-electron chi connectivity index (χ0n) is 13.1. The molecule has 2 heterocycles. The van der Waals surface area contributed by atoms with Gasteiger partial charge >= 0.3 is 0 Å². The van der Waals surface area contributed by atoms with Crippen molar-refractivity contribution >= 4 is 17.6 Å². The topological polar surface area (TPSA) is 91.0 Å². The molecule has 7 nitrogen and oxygen atoms in total. The van der Waals surface area contributed by atoms with Crippen LogP contribution >= 0.6 is 0 Å². The average molecular weight is 339 g/mol. The number of pyridine rings is 1. The molecule has 0 atom stereocenters. The average Bonchev–Trinajstić information content (AvgIpc) is 2.62. The first-order valence-corrected chi connectivity index (χ1v) is 7.55. The highest BCUT2D eigenvalue weighted by molar-refractivity contribution is 6.12. The van der Waals surface area contributed by atoms with E-state index in [0.717, 1.165) is 12.5 Å². The van der Waals surface area contributed by atoms with Crippen LogP contribution in [-0.4, -0.2) is 35.0 Å². The Kier molecular flexibility index (Phi) is 4.57. The van der Waals surface area contributed by atoms with Gasteiger partial charge in [0.25, 0.3) is 5.91 Å². The van der Waals surface area contributed by atoms with Crippen LogP contribution in [0.15, 0.2) is 35.5 Å². The second-order valence-corrected chi connectivity index (χ2v) is 5.30. The van der Waals surface area contributed by atoms with E-state index in [9.17, 15) is 14.3 Å². The Morgan fingerprint density at radius 3 is 2.92 bits per heavy atom. The number of carbonyl (C=O) groups is 1. The predicted molar refractivity (Wildman–Crippen MR) is 89.9 cm³/mol. The van der Waals surface area contributed by atoms with Crippen LogP contribution in [0.3, 0.4) is 0 Å². The van der Waals surface area contributed by atoms with Crippen molar-refractivity contribution in [2.75, 3.05) is 13.1 Å². The van der Waals surface area contributed by atoms with Crippen molar-refractivity contribution in [3.8, 4) is 16.9 Å². The van der Waals surface area contributed by atoms with Crippen molar-refractivity contribution in [1.82, 2.24) is 15.6 Å². The van der Waals surface area contributed by atoms with Crippen molar-refractivity contribution in [2.45, 2.75) is 6.42 Å². The fourth-order valence-electron chi connectivity index (χ4n) is 2.54. The molecule has 0 radical (unpaired) electrons. The number of guanidine groups is 1. The molecule has 3 rings (SSSR count). The molecule has 0 spiro atoms. The summed E-state index contributed by atoms with van der Waals surface area (Å²) in [5.41, 5.74) is 0.421. The van der Waals surface area contributed by atoms with Crippen LogP contribution < -0.4 is 10.6 Å². The third-order valence-electron chi connectivity index (χ3n) is 3.65. The van der Waals surface area contributed by atoms with Gasteiger partial charge in [-0.15, -0.1) is 0 Å². The van der Waals surface area contributed by atoms with Crippen LogP contribution in [0.5, 0.6) is 5.75 Å². The van der Waals surface area contributed by atoms with Gasteiger partial charge in [-0.05, 0) is 30.2 Å². The molecule has 1 aromatic heterocycles. The molecule has 126 valence electrons. The maximum Gasteiger partial charge on any atom is 0.261 e. The van der Waals surface area contributed by atoms with E-state index in [1.807, 2.05) is 0 Å². The number of aliphatic imine (C=N–C) groups is 1. The normalized spacial score (nSPS) is 13.4. The number of nitrogens with zero attached hydrogens (tertiary/aromatic N) is 3. The molecule has 8 heteroatoms.